The van der Waals surface area contributed by atoms with Gasteiger partial charge >= 0.3 is 0 Å². The average Bonchev–Trinajstić information content (AvgIpc) is 2.89. The normalized spacial score (nSPS) is 10.7. The van der Waals surface area contributed by atoms with E-state index in [1.165, 1.54) is 24.3 Å². The van der Waals surface area contributed by atoms with Crippen LogP contribution in [-0.2, 0) is 0 Å². The zero-order chi connectivity index (χ0) is 19.7. The molecule has 0 spiro atoms. The number of amides is 1. The fourth-order valence-corrected chi connectivity index (χ4v) is 3.56. The summed E-state index contributed by atoms with van der Waals surface area (Å²) in [7, 11) is 0. The highest BCUT2D eigenvalue weighted by Gasteiger charge is 2.20. The smallest absolute Gasteiger partial charge is 0.273 e. The third-order valence-corrected chi connectivity index (χ3v) is 4.71. The minimum Gasteiger partial charge on any atom is -0.295 e. The molecule has 5 nitrogen and oxygen atoms in total. The van der Waals surface area contributed by atoms with Crippen molar-refractivity contribution in [1.82, 2.24) is 15.2 Å². The quantitative estimate of drug-likeness (QED) is 0.552. The molecule has 140 valence electrons. The number of nitrogens with one attached hydrogen (secondary N) is 2. The Bertz CT molecular complexity index is 995. The molecule has 2 aromatic carbocycles. The number of benzene rings is 2. The predicted molar refractivity (Wildman–Crippen MR) is 106 cm³/mol. The Kier molecular flexibility index (Phi) is 5.60. The first-order valence-electron chi connectivity index (χ1n) is 7.81. The molecular formula is C18H14Cl3FN4O. The number of carbonyl (C=O) groups excluding carboxylic acids is 1. The molecule has 3 aromatic rings. The number of hydrogen-bond acceptors (Lipinski definition) is 3. The van der Waals surface area contributed by atoms with Crippen molar-refractivity contribution in [3.05, 3.63) is 74.2 Å². The molecule has 0 aliphatic heterocycles. The zero-order valence-corrected chi connectivity index (χ0v) is 16.5. The maximum atomic E-state index is 13.1. The van der Waals surface area contributed by atoms with E-state index in [0.29, 0.717) is 33.3 Å². The van der Waals surface area contributed by atoms with Gasteiger partial charge in [0.05, 0.1) is 38.4 Å². The Balaban J connectivity index is 1.85. The molecule has 1 aromatic heterocycles. The highest BCUT2D eigenvalue weighted by atomic mass is 35.5. The number of halogens is 4. The van der Waals surface area contributed by atoms with Crippen LogP contribution in [-0.4, -0.2) is 15.7 Å². The first kappa shape index (κ1) is 19.5. The molecule has 0 aliphatic carbocycles. The second kappa shape index (κ2) is 7.76. The fourth-order valence-electron chi connectivity index (χ4n) is 2.65. The maximum Gasteiger partial charge on any atom is 0.273 e. The van der Waals surface area contributed by atoms with Crippen molar-refractivity contribution in [2.45, 2.75) is 13.8 Å². The standard InChI is InChI=1S/C18H14Cl3FN4O/c1-9-16(10(2)26(25-9)13-5-3-12(22)4-6-13)18(27)24-23-17-14(20)7-11(19)8-15(17)21/h3-8,23H,1-2H3,(H,24,27). The summed E-state index contributed by atoms with van der Waals surface area (Å²) in [4.78, 5) is 12.6. The second-order valence-corrected chi connectivity index (χ2v) is 7.01. The maximum absolute atomic E-state index is 13.1. The third kappa shape index (κ3) is 4.03. The number of anilines is 1. The van der Waals surface area contributed by atoms with Crippen molar-refractivity contribution in [2.75, 3.05) is 5.43 Å². The molecule has 0 bridgehead atoms. The molecule has 9 heteroatoms. The van der Waals surface area contributed by atoms with Crippen LogP contribution in [0.5, 0.6) is 0 Å². The van der Waals surface area contributed by atoms with E-state index in [2.05, 4.69) is 16.0 Å². The van der Waals surface area contributed by atoms with Gasteiger partial charge in [-0.15, -0.1) is 0 Å². The number of nitrogens with zero attached hydrogens (tertiary/aromatic N) is 2. The van der Waals surface area contributed by atoms with E-state index < -0.39 is 5.91 Å². The van der Waals surface area contributed by atoms with Crippen LogP contribution in [0, 0.1) is 19.7 Å². The van der Waals surface area contributed by atoms with Crippen molar-refractivity contribution in [2.24, 2.45) is 0 Å². The molecule has 0 unspecified atom stereocenters. The monoisotopic (exact) mass is 426 g/mol. The molecule has 0 saturated heterocycles. The first-order valence-corrected chi connectivity index (χ1v) is 8.94. The molecular weight excluding hydrogens is 414 g/mol. The Labute approximate surface area is 170 Å². The summed E-state index contributed by atoms with van der Waals surface area (Å²) in [6, 6.07) is 8.85. The first-order chi connectivity index (χ1) is 12.8. The van der Waals surface area contributed by atoms with Gasteiger partial charge in [-0.2, -0.15) is 5.10 Å². The lowest BCUT2D eigenvalue weighted by Crippen LogP contribution is -2.30. The van der Waals surface area contributed by atoms with E-state index in [1.54, 1.807) is 30.7 Å². The number of rotatable bonds is 4. The van der Waals surface area contributed by atoms with Gasteiger partial charge in [0, 0.05) is 5.02 Å². The summed E-state index contributed by atoms with van der Waals surface area (Å²) in [6.45, 7) is 3.46. The van der Waals surface area contributed by atoms with Crippen LogP contribution in [0.1, 0.15) is 21.7 Å². The third-order valence-electron chi connectivity index (χ3n) is 3.90. The summed E-state index contributed by atoms with van der Waals surface area (Å²) in [5, 5.41) is 5.29. The van der Waals surface area contributed by atoms with Gasteiger partial charge in [0.2, 0.25) is 0 Å². The number of aromatic nitrogens is 2. The van der Waals surface area contributed by atoms with Gasteiger partial charge in [-0.05, 0) is 50.2 Å². The van der Waals surface area contributed by atoms with E-state index in [9.17, 15) is 9.18 Å². The highest BCUT2D eigenvalue weighted by Crippen LogP contribution is 2.33. The van der Waals surface area contributed by atoms with Crippen LogP contribution in [0.4, 0.5) is 10.1 Å². The van der Waals surface area contributed by atoms with Gasteiger partial charge in [-0.25, -0.2) is 9.07 Å². The molecule has 0 aliphatic rings. The van der Waals surface area contributed by atoms with Crippen LogP contribution in [0.2, 0.25) is 15.1 Å². The molecule has 2 N–H and O–H groups in total. The number of hydrazine groups is 1. The molecule has 3 rings (SSSR count). The number of carbonyl (C=O) groups is 1. The summed E-state index contributed by atoms with van der Waals surface area (Å²) in [5.74, 6) is -0.764. The fraction of sp³-hybridized carbons (Fsp3) is 0.111. The van der Waals surface area contributed by atoms with Crippen LogP contribution in [0.25, 0.3) is 5.69 Å². The molecule has 1 amide bonds. The molecule has 1 heterocycles. The van der Waals surface area contributed by atoms with Crippen molar-refractivity contribution in [1.29, 1.82) is 0 Å². The van der Waals surface area contributed by atoms with Crippen LogP contribution < -0.4 is 10.9 Å². The van der Waals surface area contributed by atoms with Crippen molar-refractivity contribution < 1.29 is 9.18 Å². The van der Waals surface area contributed by atoms with Crippen LogP contribution in [0.3, 0.4) is 0 Å². The number of hydrogen-bond donors (Lipinski definition) is 2. The lowest BCUT2D eigenvalue weighted by atomic mass is 10.2. The summed E-state index contributed by atoms with van der Waals surface area (Å²) in [5.41, 5.74) is 7.75. The Morgan fingerprint density at radius 1 is 1.07 bits per heavy atom. The van der Waals surface area contributed by atoms with E-state index in [-0.39, 0.29) is 15.9 Å². The van der Waals surface area contributed by atoms with Gasteiger partial charge in [-0.1, -0.05) is 34.8 Å². The summed E-state index contributed by atoms with van der Waals surface area (Å²) in [6.07, 6.45) is 0. The van der Waals surface area contributed by atoms with E-state index in [1.807, 2.05) is 0 Å². The Morgan fingerprint density at radius 2 is 1.67 bits per heavy atom. The predicted octanol–water partition coefficient (Wildman–Crippen LogP) is 5.35. The minimum atomic E-state index is -0.416. The zero-order valence-electron chi connectivity index (χ0n) is 14.3. The molecule has 0 fully saturated rings. The van der Waals surface area contributed by atoms with E-state index in [4.69, 9.17) is 34.8 Å². The summed E-state index contributed by atoms with van der Waals surface area (Å²) >= 11 is 18.1. The second-order valence-electron chi connectivity index (χ2n) is 5.76. The minimum absolute atomic E-state index is 0.267. The average molecular weight is 428 g/mol. The van der Waals surface area contributed by atoms with Crippen LogP contribution in [0.15, 0.2) is 36.4 Å². The van der Waals surface area contributed by atoms with Gasteiger partial charge < -0.3 is 0 Å². The van der Waals surface area contributed by atoms with E-state index >= 15 is 0 Å². The highest BCUT2D eigenvalue weighted by molar-refractivity contribution is 6.41. The largest absolute Gasteiger partial charge is 0.295 e. The van der Waals surface area contributed by atoms with Gasteiger partial charge in [0.1, 0.15) is 5.82 Å². The van der Waals surface area contributed by atoms with Gasteiger partial charge in [-0.3, -0.25) is 15.6 Å². The summed E-state index contributed by atoms with van der Waals surface area (Å²) < 4.78 is 14.7. The van der Waals surface area contributed by atoms with Crippen molar-refractivity contribution in [3.8, 4) is 5.69 Å². The number of aryl methyl sites for hydroxylation is 1. The van der Waals surface area contributed by atoms with E-state index in [0.717, 1.165) is 0 Å². The van der Waals surface area contributed by atoms with Crippen molar-refractivity contribution in [3.63, 3.8) is 0 Å². The molecule has 0 radical (unpaired) electrons. The lowest BCUT2D eigenvalue weighted by molar-refractivity contribution is 0.0961. The Hall–Kier alpha value is -2.28. The lowest BCUT2D eigenvalue weighted by Gasteiger charge is -2.12. The van der Waals surface area contributed by atoms with Gasteiger partial charge in [0.25, 0.3) is 5.91 Å². The SMILES string of the molecule is Cc1nn(-c2ccc(F)cc2)c(C)c1C(=O)NNc1c(Cl)cc(Cl)cc1Cl. The molecule has 0 saturated carbocycles. The molecule has 0 atom stereocenters. The topological polar surface area (TPSA) is 59.0 Å². The molecule has 27 heavy (non-hydrogen) atoms. The van der Waals surface area contributed by atoms with Crippen molar-refractivity contribution >= 4 is 46.4 Å². The Morgan fingerprint density at radius 3 is 2.26 bits per heavy atom. The van der Waals surface area contributed by atoms with Crippen LogP contribution >= 0.6 is 34.8 Å². The van der Waals surface area contributed by atoms with Gasteiger partial charge in [0.15, 0.2) is 0 Å².